The molecule has 0 aromatic heterocycles. The van der Waals surface area contributed by atoms with Crippen LogP contribution in [0.15, 0.2) is 64.9 Å². The highest BCUT2D eigenvalue weighted by Gasteiger charge is 2.39. The Morgan fingerprint density at radius 1 is 0.933 bits per heavy atom. The molecular weight excluding hydrogens is 572 g/mol. The van der Waals surface area contributed by atoms with Gasteiger partial charge in [-0.1, -0.05) is 36.4 Å². The maximum atomic E-state index is 13.1. The minimum atomic E-state index is -0.621. The number of rotatable bonds is 10. The molecule has 2 fully saturated rings. The molecule has 2 aromatic carbocycles. The summed E-state index contributed by atoms with van der Waals surface area (Å²) in [6.45, 7) is 7.03. The van der Waals surface area contributed by atoms with Gasteiger partial charge in [0.05, 0.1) is 12.1 Å². The Labute approximate surface area is 263 Å². The van der Waals surface area contributed by atoms with Gasteiger partial charge in [-0.05, 0) is 30.0 Å². The molecule has 2 saturated heterocycles. The van der Waals surface area contributed by atoms with Gasteiger partial charge >= 0.3 is 0 Å². The first kappa shape index (κ1) is 30.7. The highest BCUT2D eigenvalue weighted by Crippen LogP contribution is 2.33. The molecule has 3 aliphatic heterocycles. The van der Waals surface area contributed by atoms with Gasteiger partial charge in [0.2, 0.25) is 11.8 Å². The summed E-state index contributed by atoms with van der Waals surface area (Å²) in [4.78, 5) is 60.5. The summed E-state index contributed by atoms with van der Waals surface area (Å²) in [5.74, 6) is -0.779. The lowest BCUT2D eigenvalue weighted by Crippen LogP contribution is -2.52. The zero-order valence-electron chi connectivity index (χ0n) is 25.4. The van der Waals surface area contributed by atoms with Crippen LogP contribution in [0.5, 0.6) is 0 Å². The van der Waals surface area contributed by atoms with E-state index in [4.69, 9.17) is 0 Å². The molecule has 11 heteroatoms. The third-order valence-corrected chi connectivity index (χ3v) is 9.31. The highest BCUT2D eigenvalue weighted by molar-refractivity contribution is 6.14. The Kier molecular flexibility index (Phi) is 9.37. The first-order valence-corrected chi connectivity index (χ1v) is 15.8. The molecule has 6 rings (SSSR count). The number of aliphatic hydroxyl groups excluding tert-OH is 1. The van der Waals surface area contributed by atoms with Crippen molar-refractivity contribution in [3.8, 4) is 0 Å². The number of Topliss-reactive ketones (excluding diaryl/α,β-unsaturated/α-hetero) is 1. The normalized spacial score (nSPS) is 23.2. The van der Waals surface area contributed by atoms with Gasteiger partial charge in [0.1, 0.15) is 11.8 Å². The number of carbonyl (C=O) groups excluding carboxylic acids is 4. The first-order valence-electron chi connectivity index (χ1n) is 15.8. The quantitative estimate of drug-likeness (QED) is 0.275. The van der Waals surface area contributed by atoms with E-state index in [0.29, 0.717) is 43.5 Å². The van der Waals surface area contributed by atoms with Crippen LogP contribution < -0.4 is 10.6 Å². The van der Waals surface area contributed by atoms with Crippen molar-refractivity contribution in [1.29, 1.82) is 0 Å². The Morgan fingerprint density at radius 3 is 2.42 bits per heavy atom. The standard InChI is InChI=1S/C34H40N6O5/c41-30-19-24(23-5-2-1-3-6-23)20-31(42)26(30)21-35-11-13-38-15-17-39(18-16-38)14-12-36-28-8-4-7-25-27(28)22-40(34(25)45)29-9-10-32(43)37-33(29)44/h1-8,21,24,29,36,41H,9-20,22H2,(H,37,43,44). The molecule has 4 aliphatic rings. The van der Waals surface area contributed by atoms with Gasteiger partial charge in [-0.15, -0.1) is 0 Å². The molecule has 3 amide bonds. The predicted molar refractivity (Wildman–Crippen MR) is 170 cm³/mol. The topological polar surface area (TPSA) is 135 Å². The molecule has 2 aromatic rings. The maximum absolute atomic E-state index is 13.1. The average Bonchev–Trinajstić information content (AvgIpc) is 3.38. The summed E-state index contributed by atoms with van der Waals surface area (Å²) < 4.78 is 0. The number of aliphatic imine (C=N–C) groups is 1. The monoisotopic (exact) mass is 612 g/mol. The van der Waals surface area contributed by atoms with Crippen molar-refractivity contribution in [3.63, 3.8) is 0 Å². The molecule has 0 spiro atoms. The Balaban J connectivity index is 0.920. The molecule has 0 radical (unpaired) electrons. The Bertz CT molecular complexity index is 1510. The van der Waals surface area contributed by atoms with Gasteiger partial charge < -0.3 is 15.3 Å². The molecule has 2 unspecified atom stereocenters. The SMILES string of the molecule is O=C1CCC(N2Cc3c(NCCN4CCN(CCN=CC5=C(O)CC(c6ccccc6)CC5=O)CC4)cccc3C2=O)C(=O)N1. The summed E-state index contributed by atoms with van der Waals surface area (Å²) in [5.41, 5.74) is 3.82. The number of hydrogen-bond donors (Lipinski definition) is 3. The molecule has 1 aliphatic carbocycles. The van der Waals surface area contributed by atoms with Crippen LogP contribution >= 0.6 is 0 Å². The number of benzene rings is 2. The Hall–Kier alpha value is -4.35. The van der Waals surface area contributed by atoms with Gasteiger partial charge in [-0.3, -0.25) is 39.3 Å². The molecule has 3 N–H and O–H groups in total. The van der Waals surface area contributed by atoms with E-state index in [1.807, 2.05) is 42.5 Å². The number of fused-ring (bicyclic) bond motifs is 1. The smallest absolute Gasteiger partial charge is 0.255 e. The number of hydrogen-bond acceptors (Lipinski definition) is 9. The molecule has 0 saturated carbocycles. The van der Waals surface area contributed by atoms with Crippen LogP contribution in [0.3, 0.4) is 0 Å². The molecule has 2 atom stereocenters. The zero-order valence-corrected chi connectivity index (χ0v) is 25.4. The average molecular weight is 613 g/mol. The number of anilines is 1. The predicted octanol–water partition coefficient (Wildman–Crippen LogP) is 2.51. The van der Waals surface area contributed by atoms with Crippen LogP contribution in [-0.4, -0.2) is 108 Å². The highest BCUT2D eigenvalue weighted by atomic mass is 16.3. The summed E-state index contributed by atoms with van der Waals surface area (Å²) in [6.07, 6.45) is 2.99. The van der Waals surface area contributed by atoms with Crippen LogP contribution in [0.25, 0.3) is 0 Å². The number of ketones is 1. The second kappa shape index (κ2) is 13.7. The van der Waals surface area contributed by atoms with E-state index < -0.39 is 11.9 Å². The summed E-state index contributed by atoms with van der Waals surface area (Å²) >= 11 is 0. The van der Waals surface area contributed by atoms with E-state index in [9.17, 15) is 24.3 Å². The molecule has 11 nitrogen and oxygen atoms in total. The van der Waals surface area contributed by atoms with E-state index in [1.165, 1.54) is 0 Å². The molecule has 3 heterocycles. The lowest BCUT2D eigenvalue weighted by Gasteiger charge is -2.34. The van der Waals surface area contributed by atoms with Crippen LogP contribution in [-0.2, 0) is 20.9 Å². The van der Waals surface area contributed by atoms with Gasteiger partial charge in [-0.25, -0.2) is 0 Å². The second-order valence-corrected chi connectivity index (χ2v) is 12.2. The van der Waals surface area contributed by atoms with Gasteiger partial charge in [0.15, 0.2) is 5.78 Å². The molecular formula is C34H40N6O5. The van der Waals surface area contributed by atoms with Gasteiger partial charge in [-0.2, -0.15) is 0 Å². The van der Waals surface area contributed by atoms with Crippen molar-refractivity contribution in [1.82, 2.24) is 20.0 Å². The number of nitrogens with zero attached hydrogens (tertiary/aromatic N) is 4. The number of allylic oxidation sites excluding steroid dienone is 2. The van der Waals surface area contributed by atoms with E-state index in [2.05, 4.69) is 25.4 Å². The number of aliphatic hydroxyl groups is 1. The fourth-order valence-electron chi connectivity index (χ4n) is 6.71. The van der Waals surface area contributed by atoms with Crippen molar-refractivity contribution in [2.24, 2.45) is 4.99 Å². The lowest BCUT2D eigenvalue weighted by atomic mass is 9.83. The van der Waals surface area contributed by atoms with E-state index in [1.54, 1.807) is 17.2 Å². The van der Waals surface area contributed by atoms with E-state index >= 15 is 0 Å². The Morgan fingerprint density at radius 2 is 1.69 bits per heavy atom. The van der Waals surface area contributed by atoms with Crippen molar-refractivity contribution in [2.45, 2.75) is 44.2 Å². The van der Waals surface area contributed by atoms with Gasteiger partial charge in [0, 0.05) is 94.6 Å². The molecule has 45 heavy (non-hydrogen) atoms. The first-order chi connectivity index (χ1) is 21.9. The van der Waals surface area contributed by atoms with Crippen LogP contribution in [0.4, 0.5) is 5.69 Å². The number of carbonyl (C=O) groups is 4. The number of piperidine rings is 1. The zero-order chi connectivity index (χ0) is 31.3. The number of piperazine rings is 1. The summed E-state index contributed by atoms with van der Waals surface area (Å²) in [6, 6.07) is 14.9. The molecule has 0 bridgehead atoms. The fraction of sp³-hybridized carbons (Fsp3) is 0.441. The third-order valence-electron chi connectivity index (χ3n) is 9.31. The number of amides is 3. The maximum Gasteiger partial charge on any atom is 0.255 e. The summed E-state index contributed by atoms with van der Waals surface area (Å²) in [7, 11) is 0. The third kappa shape index (κ3) is 6.99. The van der Waals surface area contributed by atoms with Crippen LogP contribution in [0.2, 0.25) is 0 Å². The minimum Gasteiger partial charge on any atom is -0.511 e. The van der Waals surface area contributed by atoms with Gasteiger partial charge in [0.25, 0.3) is 5.91 Å². The van der Waals surface area contributed by atoms with Crippen LogP contribution in [0.1, 0.15) is 53.1 Å². The lowest BCUT2D eigenvalue weighted by molar-refractivity contribution is -0.137. The van der Waals surface area contributed by atoms with Crippen molar-refractivity contribution < 1.29 is 24.3 Å². The van der Waals surface area contributed by atoms with Crippen molar-refractivity contribution >= 4 is 35.4 Å². The van der Waals surface area contributed by atoms with Crippen LogP contribution in [0, 0.1) is 0 Å². The van der Waals surface area contributed by atoms with E-state index in [0.717, 1.165) is 62.6 Å². The number of imide groups is 1. The largest absolute Gasteiger partial charge is 0.511 e. The van der Waals surface area contributed by atoms with E-state index in [-0.39, 0.29) is 35.7 Å². The summed E-state index contributed by atoms with van der Waals surface area (Å²) in [5, 5.41) is 16.4. The molecule has 236 valence electrons. The minimum absolute atomic E-state index is 0.00963. The number of nitrogens with one attached hydrogen (secondary N) is 2. The fourth-order valence-corrected chi connectivity index (χ4v) is 6.71. The van der Waals surface area contributed by atoms with Crippen molar-refractivity contribution in [2.75, 3.05) is 57.7 Å². The van der Waals surface area contributed by atoms with Crippen molar-refractivity contribution in [3.05, 3.63) is 76.6 Å². The second-order valence-electron chi connectivity index (χ2n) is 12.2.